The molecule has 23 heavy (non-hydrogen) atoms. The van der Waals surface area contributed by atoms with E-state index in [1.54, 1.807) is 11.3 Å². The first-order valence-corrected chi connectivity index (χ1v) is 9.85. The maximum atomic E-state index is 12.3. The zero-order valence-electron chi connectivity index (χ0n) is 12.5. The molecule has 0 fully saturated rings. The van der Waals surface area contributed by atoms with E-state index in [1.165, 1.54) is 0 Å². The zero-order valence-corrected chi connectivity index (χ0v) is 14.1. The van der Waals surface area contributed by atoms with E-state index in [2.05, 4.69) is 10.1 Å². The molecule has 1 N–H and O–H groups in total. The van der Waals surface area contributed by atoms with Crippen molar-refractivity contribution in [3.05, 3.63) is 82.6 Å². The third-order valence-corrected chi connectivity index (χ3v) is 5.51. The average molecular weight is 343 g/mol. The van der Waals surface area contributed by atoms with E-state index in [-0.39, 0.29) is 5.75 Å². The Bertz CT molecular complexity index is 857. The highest BCUT2D eigenvalue weighted by Gasteiger charge is 2.13. The van der Waals surface area contributed by atoms with Gasteiger partial charge >= 0.3 is 0 Å². The predicted molar refractivity (Wildman–Crippen MR) is 95.7 cm³/mol. The van der Waals surface area contributed by atoms with E-state index in [4.69, 9.17) is 0 Å². The summed E-state index contributed by atoms with van der Waals surface area (Å²) in [4.78, 5) is 0. The van der Waals surface area contributed by atoms with Crippen molar-refractivity contribution in [1.82, 2.24) is 4.72 Å². The Labute approximate surface area is 140 Å². The summed E-state index contributed by atoms with van der Waals surface area (Å²) in [6, 6.07) is 19.1. The second kappa shape index (κ2) is 7.08. The highest BCUT2D eigenvalue weighted by molar-refractivity contribution is 7.88. The minimum atomic E-state index is -3.37. The fourth-order valence-corrected chi connectivity index (χ4v) is 4.17. The SMILES string of the molecule is O=S(=O)(Cc1ccccc1)NCc1ccccc1-c1ccsc1. The molecule has 0 spiro atoms. The van der Waals surface area contributed by atoms with Crippen molar-refractivity contribution in [2.24, 2.45) is 0 Å². The van der Waals surface area contributed by atoms with E-state index < -0.39 is 10.0 Å². The van der Waals surface area contributed by atoms with Gasteiger partial charge < -0.3 is 0 Å². The number of benzene rings is 2. The van der Waals surface area contributed by atoms with Gasteiger partial charge in [-0.05, 0) is 39.1 Å². The van der Waals surface area contributed by atoms with E-state index in [0.717, 1.165) is 22.3 Å². The summed E-state index contributed by atoms with van der Waals surface area (Å²) in [7, 11) is -3.37. The van der Waals surface area contributed by atoms with Crippen LogP contribution in [0.1, 0.15) is 11.1 Å². The summed E-state index contributed by atoms with van der Waals surface area (Å²) < 4.78 is 27.2. The van der Waals surface area contributed by atoms with Gasteiger partial charge in [-0.1, -0.05) is 54.6 Å². The van der Waals surface area contributed by atoms with Gasteiger partial charge in [0.05, 0.1) is 5.75 Å². The van der Waals surface area contributed by atoms with Gasteiger partial charge in [-0.25, -0.2) is 13.1 Å². The zero-order chi connectivity index (χ0) is 16.1. The number of hydrogen-bond donors (Lipinski definition) is 1. The molecule has 118 valence electrons. The summed E-state index contributed by atoms with van der Waals surface area (Å²) in [6.07, 6.45) is 0. The fraction of sp³-hybridized carbons (Fsp3) is 0.111. The van der Waals surface area contributed by atoms with Crippen LogP contribution in [-0.4, -0.2) is 8.42 Å². The largest absolute Gasteiger partial charge is 0.216 e. The van der Waals surface area contributed by atoms with Crippen molar-refractivity contribution in [3.63, 3.8) is 0 Å². The fourth-order valence-electron chi connectivity index (χ4n) is 2.41. The van der Waals surface area contributed by atoms with Crippen LogP contribution >= 0.6 is 11.3 Å². The lowest BCUT2D eigenvalue weighted by molar-refractivity contribution is 0.580. The molecule has 1 heterocycles. The summed E-state index contributed by atoms with van der Waals surface area (Å²) >= 11 is 1.63. The standard InChI is InChI=1S/C18H17NO2S2/c20-23(21,14-15-6-2-1-3-7-15)19-12-16-8-4-5-9-18(16)17-10-11-22-13-17/h1-11,13,19H,12,14H2. The molecule has 1 aromatic heterocycles. The van der Waals surface area contributed by atoms with Crippen molar-refractivity contribution < 1.29 is 8.42 Å². The molecule has 3 nitrogen and oxygen atoms in total. The Morgan fingerprint density at radius 2 is 1.65 bits per heavy atom. The second-order valence-electron chi connectivity index (χ2n) is 5.23. The number of sulfonamides is 1. The molecule has 0 aliphatic carbocycles. The molecule has 0 aliphatic heterocycles. The van der Waals surface area contributed by atoms with Crippen LogP contribution in [0.4, 0.5) is 0 Å². The molecule has 0 amide bonds. The first kappa shape index (κ1) is 15.9. The smallest absolute Gasteiger partial charge is 0.212 e. The molecule has 0 atom stereocenters. The molecule has 0 bridgehead atoms. The second-order valence-corrected chi connectivity index (χ2v) is 7.82. The van der Waals surface area contributed by atoms with Crippen LogP contribution in [0.25, 0.3) is 11.1 Å². The van der Waals surface area contributed by atoms with Crippen molar-refractivity contribution in [3.8, 4) is 11.1 Å². The number of rotatable bonds is 6. The van der Waals surface area contributed by atoms with E-state index in [9.17, 15) is 8.42 Å². The highest BCUT2D eigenvalue weighted by atomic mass is 32.2. The Morgan fingerprint density at radius 1 is 0.913 bits per heavy atom. The summed E-state index contributed by atoms with van der Waals surface area (Å²) in [6.45, 7) is 0.293. The van der Waals surface area contributed by atoms with Gasteiger partial charge in [-0.15, -0.1) is 0 Å². The normalized spacial score (nSPS) is 11.5. The number of nitrogens with one attached hydrogen (secondary N) is 1. The molecule has 0 unspecified atom stereocenters. The molecular formula is C18H17NO2S2. The topological polar surface area (TPSA) is 46.2 Å². The van der Waals surface area contributed by atoms with Gasteiger partial charge in [0.1, 0.15) is 0 Å². The average Bonchev–Trinajstić information content (AvgIpc) is 3.08. The maximum absolute atomic E-state index is 12.3. The van der Waals surface area contributed by atoms with Crippen LogP contribution < -0.4 is 4.72 Å². The Morgan fingerprint density at radius 3 is 2.39 bits per heavy atom. The summed E-state index contributed by atoms with van der Waals surface area (Å²) in [5.41, 5.74) is 3.94. The van der Waals surface area contributed by atoms with Gasteiger partial charge in [0.2, 0.25) is 10.0 Å². The van der Waals surface area contributed by atoms with Gasteiger partial charge in [0.15, 0.2) is 0 Å². The first-order valence-electron chi connectivity index (χ1n) is 7.26. The molecule has 3 aromatic rings. The van der Waals surface area contributed by atoms with Gasteiger partial charge in [-0.3, -0.25) is 0 Å². The molecule has 2 aromatic carbocycles. The number of thiophene rings is 1. The first-order chi connectivity index (χ1) is 11.1. The van der Waals surface area contributed by atoms with Crippen LogP contribution in [0.3, 0.4) is 0 Å². The molecule has 0 saturated carbocycles. The van der Waals surface area contributed by atoms with Gasteiger partial charge in [0.25, 0.3) is 0 Å². The minimum absolute atomic E-state index is 0.00550. The molecule has 0 radical (unpaired) electrons. The summed E-state index contributed by atoms with van der Waals surface area (Å²) in [5.74, 6) is -0.00550. The van der Waals surface area contributed by atoms with Crippen LogP contribution in [-0.2, 0) is 22.3 Å². The van der Waals surface area contributed by atoms with Gasteiger partial charge in [0, 0.05) is 6.54 Å². The van der Waals surface area contributed by atoms with Crippen molar-refractivity contribution in [2.75, 3.05) is 0 Å². The van der Waals surface area contributed by atoms with Crippen LogP contribution in [0.15, 0.2) is 71.4 Å². The highest BCUT2D eigenvalue weighted by Crippen LogP contribution is 2.25. The van der Waals surface area contributed by atoms with Crippen molar-refractivity contribution >= 4 is 21.4 Å². The monoisotopic (exact) mass is 343 g/mol. The molecule has 5 heteroatoms. The minimum Gasteiger partial charge on any atom is -0.212 e. The lowest BCUT2D eigenvalue weighted by Crippen LogP contribution is -2.24. The Kier molecular flexibility index (Phi) is 4.91. The number of hydrogen-bond acceptors (Lipinski definition) is 3. The summed E-state index contributed by atoms with van der Waals surface area (Å²) in [5, 5.41) is 4.09. The quantitative estimate of drug-likeness (QED) is 0.734. The third kappa shape index (κ3) is 4.28. The lowest BCUT2D eigenvalue weighted by atomic mass is 10.0. The van der Waals surface area contributed by atoms with Crippen molar-refractivity contribution in [1.29, 1.82) is 0 Å². The van der Waals surface area contributed by atoms with E-state index in [1.807, 2.05) is 66.0 Å². The lowest BCUT2D eigenvalue weighted by Gasteiger charge is -2.10. The molecule has 0 aliphatic rings. The van der Waals surface area contributed by atoms with Crippen LogP contribution in [0, 0.1) is 0 Å². The Balaban J connectivity index is 1.74. The van der Waals surface area contributed by atoms with Crippen LogP contribution in [0.2, 0.25) is 0 Å². The molecular weight excluding hydrogens is 326 g/mol. The third-order valence-electron chi connectivity index (χ3n) is 3.53. The van der Waals surface area contributed by atoms with Gasteiger partial charge in [-0.2, -0.15) is 11.3 Å². The maximum Gasteiger partial charge on any atom is 0.216 e. The van der Waals surface area contributed by atoms with Crippen LogP contribution in [0.5, 0.6) is 0 Å². The Hall–Kier alpha value is -1.95. The molecule has 0 saturated heterocycles. The van der Waals surface area contributed by atoms with E-state index in [0.29, 0.717) is 6.54 Å². The molecule has 3 rings (SSSR count). The predicted octanol–water partition coefficient (Wildman–Crippen LogP) is 4.03. The van der Waals surface area contributed by atoms with Crippen molar-refractivity contribution in [2.45, 2.75) is 12.3 Å². The van der Waals surface area contributed by atoms with E-state index >= 15 is 0 Å².